The van der Waals surface area contributed by atoms with Gasteiger partial charge in [0, 0.05) is 38.5 Å². The molecular formula is C84H71GeN4OPt-3. The van der Waals surface area contributed by atoms with E-state index in [-0.39, 0.29) is 37.3 Å². The molecule has 3 aromatic heterocycles. The predicted octanol–water partition coefficient (Wildman–Crippen LogP) is 19.2. The first-order valence-corrected chi connectivity index (χ1v) is 35.6. The molecule has 7 heteroatoms. The fourth-order valence-electron chi connectivity index (χ4n) is 13.9. The Balaban J connectivity index is 0.00000721. The van der Waals surface area contributed by atoms with Gasteiger partial charge in [0.15, 0.2) is 0 Å². The van der Waals surface area contributed by atoms with Crippen molar-refractivity contribution in [3.05, 3.63) is 296 Å². The molecule has 450 valence electrons. The fraction of sp³-hybridized carbons (Fsp3) is 0.143. The first kappa shape index (κ1) is 59.5. The molecule has 0 bridgehead atoms. The Morgan fingerprint density at radius 2 is 0.945 bits per heavy atom. The van der Waals surface area contributed by atoms with Gasteiger partial charge in [0.1, 0.15) is 5.82 Å². The van der Waals surface area contributed by atoms with Gasteiger partial charge in [0.05, 0.1) is 0 Å². The summed E-state index contributed by atoms with van der Waals surface area (Å²) in [6.07, 6.45) is 1.92. The van der Waals surface area contributed by atoms with Crippen LogP contribution in [-0.2, 0) is 37.3 Å². The summed E-state index contributed by atoms with van der Waals surface area (Å²) in [7, 11) is 0. The number of ether oxygens (including phenoxy) is 1. The third-order valence-electron chi connectivity index (χ3n) is 18.5. The molecule has 0 aliphatic carbocycles. The number of aromatic nitrogens is 3. The van der Waals surface area contributed by atoms with Gasteiger partial charge in [0.2, 0.25) is 0 Å². The van der Waals surface area contributed by atoms with Crippen LogP contribution in [0, 0.1) is 18.8 Å². The van der Waals surface area contributed by atoms with Gasteiger partial charge in [-0.15, -0.1) is 17.5 Å². The summed E-state index contributed by atoms with van der Waals surface area (Å²) < 4.78 is 17.2. The van der Waals surface area contributed by atoms with Gasteiger partial charge in [-0.05, 0) is 34.6 Å². The Labute approximate surface area is 551 Å². The van der Waals surface area contributed by atoms with Crippen LogP contribution in [0.1, 0.15) is 79.0 Å². The van der Waals surface area contributed by atoms with Gasteiger partial charge in [-0.3, -0.25) is 0 Å². The SMILES string of the molecule is CC(C)(C)c1cc(-c2cccc3c4ccccc4c4cc(C(C)(C)C)ccc4c4cccc5c4n(c23)[CH-]N5c2[c-]c(Oc3[c-]c4c(cc3)c3ccccc3n4-c3cc(C(C)(C)C)ccn3)ccc2)c[c]([Ge]([c]2ccccc2)([c]2ccccc2)[c]2ccccc2)c1.[Pt]. The van der Waals surface area contributed by atoms with Crippen molar-refractivity contribution in [3.63, 3.8) is 0 Å². The number of hydrogen-bond acceptors (Lipinski definition) is 3. The summed E-state index contributed by atoms with van der Waals surface area (Å²) in [5.74, 6) is 2.01. The molecule has 0 radical (unpaired) electrons. The molecule has 15 rings (SSSR count). The van der Waals surface area contributed by atoms with E-state index < -0.39 is 13.3 Å². The Morgan fingerprint density at radius 1 is 0.407 bits per heavy atom. The van der Waals surface area contributed by atoms with Crippen molar-refractivity contribution in [2.75, 3.05) is 4.90 Å². The molecule has 14 aromatic rings. The van der Waals surface area contributed by atoms with Crippen molar-refractivity contribution in [1.29, 1.82) is 0 Å². The molecule has 0 spiro atoms. The molecule has 91 heavy (non-hydrogen) atoms. The minimum absolute atomic E-state index is 0. The van der Waals surface area contributed by atoms with Crippen molar-refractivity contribution in [2.24, 2.45) is 0 Å². The fourth-order valence-corrected chi connectivity index (χ4v) is 24.0. The monoisotopic (exact) mass is 1420 g/mol. The van der Waals surface area contributed by atoms with E-state index in [1.807, 2.05) is 18.3 Å². The van der Waals surface area contributed by atoms with Crippen LogP contribution in [0.2, 0.25) is 0 Å². The van der Waals surface area contributed by atoms with Gasteiger partial charge >= 0.3 is 378 Å². The van der Waals surface area contributed by atoms with Crippen molar-refractivity contribution < 1.29 is 25.8 Å². The molecular weight excluding hydrogens is 1350 g/mol. The van der Waals surface area contributed by atoms with E-state index in [2.05, 4.69) is 338 Å². The molecule has 0 N–H and O–H groups in total. The van der Waals surface area contributed by atoms with E-state index in [9.17, 15) is 0 Å². The number of hydrogen-bond donors (Lipinski definition) is 0. The standard InChI is InChI=1S/C84H71GeN4O.Pt/c1-82(2,3)57-42-44-70-74-39-25-41-77-81(74)88(55-87(77)64-32-23-33-65(53-64)90-66-43-45-72-71-36-21-22-40-76(71)89(78(72)54-66)79-52-58(46-47-86-79)83(4,5)6)80-67(37-24-38-73(80)68-34-19-20-35-69(68)75(70)51-57)56-48-59(84(7,8)9)50-63(49-56)85(60-26-13-10-14-27-60,61-28-15-11-16-29-61)62-30-17-12-18-31-62;/h10-52,55H,1-9H3;/q-3;. The van der Waals surface area contributed by atoms with Crippen LogP contribution in [0.25, 0.3) is 82.1 Å². The van der Waals surface area contributed by atoms with Crippen LogP contribution < -0.4 is 27.2 Å². The third-order valence-corrected chi connectivity index (χ3v) is 28.5. The summed E-state index contributed by atoms with van der Waals surface area (Å²) in [6.45, 7) is 23.0. The van der Waals surface area contributed by atoms with E-state index in [0.717, 1.165) is 66.4 Å². The zero-order valence-electron chi connectivity index (χ0n) is 52.9. The van der Waals surface area contributed by atoms with E-state index >= 15 is 0 Å². The van der Waals surface area contributed by atoms with E-state index in [0.29, 0.717) is 11.5 Å². The molecule has 11 aromatic carbocycles. The topological polar surface area (TPSA) is 35.2 Å². The Kier molecular flexibility index (Phi) is 15.0. The average Bonchev–Trinajstić information content (AvgIpc) is 1.72. The van der Waals surface area contributed by atoms with Crippen molar-refractivity contribution in [3.8, 4) is 28.4 Å². The Hall–Kier alpha value is -9.13. The van der Waals surface area contributed by atoms with Gasteiger partial charge in [0.25, 0.3) is 0 Å². The van der Waals surface area contributed by atoms with Gasteiger partial charge in [-0.25, -0.2) is 4.98 Å². The normalized spacial score (nSPS) is 12.6. The maximum absolute atomic E-state index is 6.92. The smallest absolute Gasteiger partial charge is 0 e. The van der Waals surface area contributed by atoms with Gasteiger partial charge in [-0.2, -0.15) is 6.07 Å². The quantitative estimate of drug-likeness (QED) is 0.107. The molecule has 1 aliphatic rings. The van der Waals surface area contributed by atoms with Crippen molar-refractivity contribution in [1.82, 2.24) is 14.1 Å². The second kappa shape index (κ2) is 23.0. The number of benzene rings is 11. The number of nitrogens with zero attached hydrogens (tertiary/aromatic N) is 4. The number of rotatable bonds is 9. The maximum Gasteiger partial charge on any atom is 0 e. The van der Waals surface area contributed by atoms with Crippen LogP contribution in [0.5, 0.6) is 11.5 Å². The largest absolute Gasteiger partial charge is 0 e. The summed E-state index contributed by atoms with van der Waals surface area (Å²) in [5, 5.41) is 9.25. The molecule has 5 nitrogen and oxygen atoms in total. The molecule has 0 fully saturated rings. The van der Waals surface area contributed by atoms with E-state index in [4.69, 9.17) is 9.72 Å². The molecule has 0 unspecified atom stereocenters. The first-order valence-electron chi connectivity index (χ1n) is 31.4. The molecule has 0 amide bonds. The second-order valence-electron chi connectivity index (χ2n) is 27.3. The van der Waals surface area contributed by atoms with Gasteiger partial charge < -0.3 is 4.57 Å². The molecule has 1 aliphatic heterocycles. The van der Waals surface area contributed by atoms with Crippen molar-refractivity contribution >= 4 is 107 Å². The zero-order chi connectivity index (χ0) is 61.7. The number of fused-ring (bicyclic) bond motifs is 10. The number of anilines is 2. The molecule has 0 saturated heterocycles. The van der Waals surface area contributed by atoms with Crippen LogP contribution in [-0.4, -0.2) is 27.4 Å². The second-order valence-corrected chi connectivity index (χ2v) is 35.3. The van der Waals surface area contributed by atoms with Gasteiger partial charge in [-0.1, -0.05) is 65.3 Å². The number of pyridine rings is 1. The number of para-hydroxylation sites is 3. The van der Waals surface area contributed by atoms with E-state index in [1.165, 1.54) is 61.4 Å². The van der Waals surface area contributed by atoms with E-state index in [1.54, 1.807) is 0 Å². The molecule has 0 saturated carbocycles. The average molecular weight is 1420 g/mol. The van der Waals surface area contributed by atoms with Crippen LogP contribution >= 0.6 is 0 Å². The minimum Gasteiger partial charge on any atom is 0 e. The first-order chi connectivity index (χ1) is 43.5. The molecule has 0 atom stereocenters. The zero-order valence-corrected chi connectivity index (χ0v) is 57.3. The molecule has 4 heterocycles. The summed E-state index contributed by atoms with van der Waals surface area (Å²) in [5.41, 5.74) is 11.8. The Bertz CT molecular complexity index is 5110. The van der Waals surface area contributed by atoms with Crippen molar-refractivity contribution in [2.45, 2.75) is 78.6 Å². The maximum atomic E-state index is 6.92. The minimum atomic E-state index is -3.84. The van der Waals surface area contributed by atoms with Crippen LogP contribution in [0.4, 0.5) is 11.4 Å². The summed E-state index contributed by atoms with van der Waals surface area (Å²) in [4.78, 5) is 7.25. The summed E-state index contributed by atoms with van der Waals surface area (Å²) in [6, 6.07) is 102. The Morgan fingerprint density at radius 3 is 1.60 bits per heavy atom. The third kappa shape index (κ3) is 10.3. The van der Waals surface area contributed by atoms with Crippen LogP contribution in [0.15, 0.2) is 261 Å². The van der Waals surface area contributed by atoms with Crippen LogP contribution in [0.3, 0.4) is 0 Å². The summed E-state index contributed by atoms with van der Waals surface area (Å²) >= 11 is -3.84. The predicted molar refractivity (Wildman–Crippen MR) is 382 cm³/mol.